The van der Waals surface area contributed by atoms with Gasteiger partial charge < -0.3 is 4.74 Å². The van der Waals surface area contributed by atoms with E-state index < -0.39 is 27.7 Å². The van der Waals surface area contributed by atoms with E-state index in [2.05, 4.69) is 10.9 Å². The van der Waals surface area contributed by atoms with Crippen LogP contribution in [-0.4, -0.2) is 56.3 Å². The molecule has 160 valence electrons. The molecule has 3 rings (SSSR count). The highest BCUT2D eigenvalue weighted by molar-refractivity contribution is 7.91. The lowest BCUT2D eigenvalue weighted by atomic mass is 10.0. The van der Waals surface area contributed by atoms with Crippen LogP contribution in [0.5, 0.6) is 5.75 Å². The maximum Gasteiger partial charge on any atom is 0.269 e. The Morgan fingerprint density at radius 2 is 1.63 bits per heavy atom. The minimum atomic E-state index is -3.08. The number of ether oxygens (including phenoxy) is 1. The minimum Gasteiger partial charge on any atom is -0.494 e. The van der Waals surface area contributed by atoms with Crippen molar-refractivity contribution in [1.82, 2.24) is 15.8 Å². The number of carbonyl (C=O) groups is 2. The van der Waals surface area contributed by atoms with E-state index in [0.29, 0.717) is 17.9 Å². The lowest BCUT2D eigenvalue weighted by Gasteiger charge is -2.33. The average Bonchev–Trinajstić information content (AvgIpc) is 2.75. The van der Waals surface area contributed by atoms with Crippen LogP contribution in [0.3, 0.4) is 0 Å². The summed E-state index contributed by atoms with van der Waals surface area (Å²) in [5.41, 5.74) is 6.01. The summed E-state index contributed by atoms with van der Waals surface area (Å²) in [6, 6.07) is 15.0. The van der Waals surface area contributed by atoms with Crippen LogP contribution in [0.25, 0.3) is 0 Å². The molecule has 1 atom stereocenters. The first kappa shape index (κ1) is 21.8. The van der Waals surface area contributed by atoms with E-state index in [-0.39, 0.29) is 24.6 Å². The first-order chi connectivity index (χ1) is 14.4. The van der Waals surface area contributed by atoms with E-state index in [0.717, 1.165) is 5.56 Å². The van der Waals surface area contributed by atoms with Gasteiger partial charge in [0.25, 0.3) is 11.8 Å². The van der Waals surface area contributed by atoms with Crippen molar-refractivity contribution in [2.24, 2.45) is 0 Å². The molecule has 1 aliphatic rings. The molecule has 2 aromatic rings. The molecule has 30 heavy (non-hydrogen) atoms. The molecule has 1 aliphatic heterocycles. The topological polar surface area (TPSA) is 105 Å². The van der Waals surface area contributed by atoms with E-state index in [1.54, 1.807) is 24.3 Å². The maximum atomic E-state index is 12.9. The lowest BCUT2D eigenvalue weighted by Crippen LogP contribution is -2.51. The van der Waals surface area contributed by atoms with E-state index in [1.165, 1.54) is 0 Å². The zero-order valence-electron chi connectivity index (χ0n) is 16.7. The quantitative estimate of drug-likeness (QED) is 0.669. The number of sulfone groups is 1. The Bertz CT molecular complexity index is 963. The van der Waals surface area contributed by atoms with Crippen molar-refractivity contribution >= 4 is 21.7 Å². The number of hydrazine groups is 1. The number of nitrogens with one attached hydrogen (secondary N) is 2. The summed E-state index contributed by atoms with van der Waals surface area (Å²) >= 11 is 0. The van der Waals surface area contributed by atoms with Crippen molar-refractivity contribution in [2.45, 2.75) is 13.0 Å². The smallest absolute Gasteiger partial charge is 0.269 e. The number of hydrogen-bond donors (Lipinski definition) is 2. The third kappa shape index (κ3) is 5.58. The van der Waals surface area contributed by atoms with Crippen LogP contribution in [0.2, 0.25) is 0 Å². The highest BCUT2D eigenvalue weighted by Gasteiger charge is 2.32. The predicted molar refractivity (Wildman–Crippen MR) is 113 cm³/mol. The summed E-state index contributed by atoms with van der Waals surface area (Å²) in [7, 11) is -3.08. The second kappa shape index (κ2) is 9.73. The summed E-state index contributed by atoms with van der Waals surface area (Å²) in [6.07, 6.45) is 0. The van der Waals surface area contributed by atoms with Gasteiger partial charge in [-0.3, -0.25) is 25.3 Å². The zero-order chi connectivity index (χ0) is 21.6. The third-order valence-corrected chi connectivity index (χ3v) is 6.44. The van der Waals surface area contributed by atoms with Crippen LogP contribution >= 0.6 is 0 Å². The van der Waals surface area contributed by atoms with E-state index in [9.17, 15) is 18.0 Å². The van der Waals surface area contributed by atoms with Gasteiger partial charge in [0.1, 0.15) is 11.8 Å². The third-order valence-electron chi connectivity index (χ3n) is 4.83. The Morgan fingerprint density at radius 3 is 2.23 bits per heavy atom. The van der Waals surface area contributed by atoms with Gasteiger partial charge in [-0.15, -0.1) is 0 Å². The van der Waals surface area contributed by atoms with Gasteiger partial charge in [-0.25, -0.2) is 8.42 Å². The summed E-state index contributed by atoms with van der Waals surface area (Å²) in [6.45, 7) is 2.90. The minimum absolute atomic E-state index is 0.00214. The number of hydrogen-bond acceptors (Lipinski definition) is 6. The Morgan fingerprint density at radius 1 is 1.00 bits per heavy atom. The van der Waals surface area contributed by atoms with Gasteiger partial charge >= 0.3 is 0 Å². The molecule has 0 aliphatic carbocycles. The molecule has 2 aromatic carbocycles. The van der Waals surface area contributed by atoms with Crippen LogP contribution < -0.4 is 15.6 Å². The molecule has 0 bridgehead atoms. The predicted octanol–water partition coefficient (Wildman–Crippen LogP) is 1.32. The Kier molecular flexibility index (Phi) is 7.07. The van der Waals surface area contributed by atoms with Crippen molar-refractivity contribution < 1.29 is 22.7 Å². The second-order valence-corrected chi connectivity index (χ2v) is 9.21. The van der Waals surface area contributed by atoms with Crippen molar-refractivity contribution in [3.63, 3.8) is 0 Å². The Labute approximate surface area is 176 Å². The molecule has 1 heterocycles. The molecule has 2 amide bonds. The van der Waals surface area contributed by atoms with Gasteiger partial charge in [0.2, 0.25) is 0 Å². The molecule has 1 unspecified atom stereocenters. The fourth-order valence-electron chi connectivity index (χ4n) is 3.28. The van der Waals surface area contributed by atoms with E-state index >= 15 is 0 Å². The van der Waals surface area contributed by atoms with E-state index in [1.807, 2.05) is 42.2 Å². The van der Waals surface area contributed by atoms with Crippen LogP contribution in [0, 0.1) is 0 Å². The fourth-order valence-corrected chi connectivity index (χ4v) is 4.51. The molecule has 0 radical (unpaired) electrons. The lowest BCUT2D eigenvalue weighted by molar-refractivity contribution is -0.127. The average molecular weight is 432 g/mol. The SMILES string of the molecule is CCOc1ccc(C(=O)NNC(=O)C(c2ccccc2)N2CCS(=O)(=O)CC2)cc1. The van der Waals surface area contributed by atoms with Gasteiger partial charge in [0.05, 0.1) is 18.1 Å². The molecule has 0 saturated carbocycles. The number of amides is 2. The highest BCUT2D eigenvalue weighted by Crippen LogP contribution is 2.23. The molecule has 1 fully saturated rings. The summed E-state index contributed by atoms with van der Waals surface area (Å²) in [4.78, 5) is 27.1. The summed E-state index contributed by atoms with van der Waals surface area (Å²) in [5.74, 6) is -0.230. The monoisotopic (exact) mass is 431 g/mol. The second-order valence-electron chi connectivity index (χ2n) is 6.90. The van der Waals surface area contributed by atoms with Gasteiger partial charge in [-0.1, -0.05) is 30.3 Å². The first-order valence-electron chi connectivity index (χ1n) is 9.72. The molecule has 9 heteroatoms. The van der Waals surface area contributed by atoms with Crippen LogP contribution in [0.4, 0.5) is 0 Å². The molecule has 1 saturated heterocycles. The maximum absolute atomic E-state index is 12.9. The molecular formula is C21H25N3O5S. The number of nitrogens with zero attached hydrogens (tertiary/aromatic N) is 1. The zero-order valence-corrected chi connectivity index (χ0v) is 17.5. The first-order valence-corrected chi connectivity index (χ1v) is 11.5. The van der Waals surface area contributed by atoms with Crippen LogP contribution in [0.15, 0.2) is 54.6 Å². The fraction of sp³-hybridized carbons (Fsp3) is 0.333. The van der Waals surface area contributed by atoms with Gasteiger partial charge in [-0.05, 0) is 36.8 Å². The van der Waals surface area contributed by atoms with Crippen molar-refractivity contribution in [1.29, 1.82) is 0 Å². The van der Waals surface area contributed by atoms with Crippen molar-refractivity contribution in [3.8, 4) is 5.75 Å². The largest absolute Gasteiger partial charge is 0.494 e. The van der Waals surface area contributed by atoms with Crippen LogP contribution in [-0.2, 0) is 14.6 Å². The molecule has 0 aromatic heterocycles. The van der Waals surface area contributed by atoms with E-state index in [4.69, 9.17) is 4.74 Å². The molecule has 2 N–H and O–H groups in total. The number of carbonyl (C=O) groups excluding carboxylic acids is 2. The molecule has 0 spiro atoms. The van der Waals surface area contributed by atoms with Gasteiger partial charge in [0, 0.05) is 18.7 Å². The Balaban J connectivity index is 1.68. The van der Waals surface area contributed by atoms with Crippen molar-refractivity contribution in [3.05, 3.63) is 65.7 Å². The molecule has 8 nitrogen and oxygen atoms in total. The Hall–Kier alpha value is -2.91. The summed E-state index contributed by atoms with van der Waals surface area (Å²) in [5, 5.41) is 0. The summed E-state index contributed by atoms with van der Waals surface area (Å²) < 4.78 is 28.9. The number of rotatable bonds is 6. The van der Waals surface area contributed by atoms with Crippen LogP contribution in [0.1, 0.15) is 28.9 Å². The normalized spacial score (nSPS) is 17.0. The number of benzene rings is 2. The standard InChI is InChI=1S/C21H25N3O5S/c1-2-29-18-10-8-17(9-11-18)20(25)22-23-21(26)19(16-6-4-3-5-7-16)24-12-14-30(27,28)15-13-24/h3-11,19H,2,12-15H2,1H3,(H,22,25)(H,23,26). The molecular weight excluding hydrogens is 406 g/mol. The highest BCUT2D eigenvalue weighted by atomic mass is 32.2. The van der Waals surface area contributed by atoms with Crippen molar-refractivity contribution in [2.75, 3.05) is 31.2 Å². The van der Waals surface area contributed by atoms with Gasteiger partial charge in [0.15, 0.2) is 9.84 Å². The van der Waals surface area contributed by atoms with Gasteiger partial charge in [-0.2, -0.15) is 0 Å².